The number of carbonyl (C=O) groups is 1. The molecule has 0 aliphatic carbocycles. The molecular formula is C19H22N2O3. The van der Waals surface area contributed by atoms with Crippen molar-refractivity contribution in [3.63, 3.8) is 0 Å². The van der Waals surface area contributed by atoms with Crippen LogP contribution in [0.4, 0.5) is 0 Å². The smallest absolute Gasteiger partial charge is 0.313 e. The Morgan fingerprint density at radius 2 is 1.96 bits per heavy atom. The molecule has 0 saturated carbocycles. The minimum absolute atomic E-state index is 0.314. The lowest BCUT2D eigenvalue weighted by Gasteiger charge is -2.43. The molecule has 2 N–H and O–H groups in total. The first-order chi connectivity index (χ1) is 11.6. The second-order valence-electron chi connectivity index (χ2n) is 6.46. The summed E-state index contributed by atoms with van der Waals surface area (Å²) >= 11 is 0. The van der Waals surface area contributed by atoms with Crippen LogP contribution in [0, 0.1) is 5.41 Å². The zero-order chi connectivity index (χ0) is 17.0. The highest BCUT2D eigenvalue weighted by molar-refractivity contribution is 5.76. The Hall–Kier alpha value is -2.24. The number of nitrogens with zero attached hydrogens (tertiary/aromatic N) is 2. The number of hydrogen-bond acceptors (Lipinski definition) is 4. The molecule has 126 valence electrons. The molecule has 0 spiro atoms. The van der Waals surface area contributed by atoms with Crippen LogP contribution in [0.2, 0.25) is 0 Å². The number of aromatic nitrogens is 1. The third-order valence-electron chi connectivity index (χ3n) is 4.76. The first-order valence-corrected chi connectivity index (χ1v) is 8.18. The lowest BCUT2D eigenvalue weighted by atomic mass is 9.73. The van der Waals surface area contributed by atoms with Gasteiger partial charge >= 0.3 is 5.97 Å². The molecular weight excluding hydrogens is 304 g/mol. The van der Waals surface area contributed by atoms with Crippen molar-refractivity contribution in [3.8, 4) is 0 Å². The van der Waals surface area contributed by atoms with Crippen LogP contribution in [-0.2, 0) is 17.8 Å². The predicted octanol–water partition coefficient (Wildman–Crippen LogP) is 1.96. The highest BCUT2D eigenvalue weighted by Gasteiger charge is 2.49. The molecule has 3 rings (SSSR count). The summed E-state index contributed by atoms with van der Waals surface area (Å²) in [6.07, 6.45) is 1.66. The van der Waals surface area contributed by atoms with E-state index in [1.165, 1.54) is 0 Å². The molecule has 1 saturated heterocycles. The maximum absolute atomic E-state index is 12.1. The maximum atomic E-state index is 12.1. The molecule has 0 radical (unpaired) electrons. The highest BCUT2D eigenvalue weighted by Crippen LogP contribution is 2.35. The van der Waals surface area contributed by atoms with Gasteiger partial charge in [0, 0.05) is 25.8 Å². The number of rotatable bonds is 5. The molecule has 1 aromatic heterocycles. The summed E-state index contributed by atoms with van der Waals surface area (Å²) in [5.74, 6) is -0.940. The fraction of sp³-hybridized carbons (Fsp3) is 0.368. The zero-order valence-electron chi connectivity index (χ0n) is 13.5. The van der Waals surface area contributed by atoms with Crippen LogP contribution in [0.3, 0.4) is 0 Å². The van der Waals surface area contributed by atoms with E-state index in [0.29, 0.717) is 32.5 Å². The van der Waals surface area contributed by atoms with Gasteiger partial charge in [0.2, 0.25) is 0 Å². The second kappa shape index (κ2) is 7.11. The van der Waals surface area contributed by atoms with Gasteiger partial charge in [0.15, 0.2) is 0 Å². The number of piperidine rings is 1. The van der Waals surface area contributed by atoms with Crippen LogP contribution in [0.25, 0.3) is 0 Å². The molecule has 2 aromatic rings. The standard InChI is InChI=1S/C19H22N2O3/c22-17-9-11-21(13-16-8-4-5-10-20-16)14-19(17,18(23)24)12-15-6-2-1-3-7-15/h1-8,10,17,22H,9,11-14H2,(H,23,24)/t17-,19-/m1/s1. The first kappa shape index (κ1) is 16.6. The van der Waals surface area contributed by atoms with Gasteiger partial charge in [-0.15, -0.1) is 0 Å². The highest BCUT2D eigenvalue weighted by atomic mass is 16.4. The van der Waals surface area contributed by atoms with Gasteiger partial charge in [-0.05, 0) is 30.5 Å². The Kier molecular flexibility index (Phi) is 4.92. The molecule has 0 unspecified atom stereocenters. The average Bonchev–Trinajstić information content (AvgIpc) is 2.59. The molecule has 1 aromatic carbocycles. The van der Waals surface area contributed by atoms with Crippen LogP contribution in [-0.4, -0.2) is 45.3 Å². The third kappa shape index (κ3) is 3.47. The maximum Gasteiger partial charge on any atom is 0.313 e. The quantitative estimate of drug-likeness (QED) is 0.879. The summed E-state index contributed by atoms with van der Waals surface area (Å²) in [6, 6.07) is 15.2. The fourth-order valence-electron chi connectivity index (χ4n) is 3.44. The first-order valence-electron chi connectivity index (χ1n) is 8.18. The van der Waals surface area contributed by atoms with Crippen molar-refractivity contribution < 1.29 is 15.0 Å². The van der Waals surface area contributed by atoms with Gasteiger partial charge in [-0.25, -0.2) is 0 Å². The van der Waals surface area contributed by atoms with Gasteiger partial charge in [0.05, 0.1) is 11.8 Å². The van der Waals surface area contributed by atoms with Crippen molar-refractivity contribution in [2.45, 2.75) is 25.5 Å². The van der Waals surface area contributed by atoms with Gasteiger partial charge in [0.1, 0.15) is 5.41 Å². The molecule has 5 heteroatoms. The summed E-state index contributed by atoms with van der Waals surface area (Å²) in [5.41, 5.74) is 0.653. The second-order valence-corrected chi connectivity index (χ2v) is 6.46. The molecule has 2 heterocycles. The summed E-state index contributed by atoms with van der Waals surface area (Å²) in [6.45, 7) is 1.58. The number of aliphatic hydroxyl groups is 1. The Bertz CT molecular complexity index is 678. The summed E-state index contributed by atoms with van der Waals surface area (Å²) in [7, 11) is 0. The van der Waals surface area contributed by atoms with Crippen LogP contribution >= 0.6 is 0 Å². The Balaban J connectivity index is 1.82. The van der Waals surface area contributed by atoms with Crippen molar-refractivity contribution in [2.75, 3.05) is 13.1 Å². The van der Waals surface area contributed by atoms with Crippen LogP contribution in [0.15, 0.2) is 54.7 Å². The lowest BCUT2D eigenvalue weighted by Crippen LogP contribution is -2.56. The van der Waals surface area contributed by atoms with Crippen molar-refractivity contribution >= 4 is 5.97 Å². The van der Waals surface area contributed by atoms with Crippen LogP contribution in [0.5, 0.6) is 0 Å². The number of aliphatic hydroxyl groups excluding tert-OH is 1. The molecule has 5 nitrogen and oxygen atoms in total. The Labute approximate surface area is 141 Å². The van der Waals surface area contributed by atoms with Crippen molar-refractivity contribution in [3.05, 3.63) is 66.0 Å². The van der Waals surface area contributed by atoms with Crippen molar-refractivity contribution in [1.82, 2.24) is 9.88 Å². The van der Waals surface area contributed by atoms with Crippen LogP contribution in [0.1, 0.15) is 17.7 Å². The van der Waals surface area contributed by atoms with E-state index in [4.69, 9.17) is 0 Å². The molecule has 2 atom stereocenters. The van der Waals surface area contributed by atoms with Crippen LogP contribution < -0.4 is 0 Å². The SMILES string of the molecule is O=C(O)[C@]1(Cc2ccccc2)CN(Cc2ccccn2)CC[C@H]1O. The van der Waals surface area contributed by atoms with Gasteiger partial charge in [-0.3, -0.25) is 14.7 Å². The minimum atomic E-state index is -1.19. The number of benzene rings is 1. The predicted molar refractivity (Wildman–Crippen MR) is 90.4 cm³/mol. The molecule has 0 bridgehead atoms. The van der Waals surface area contributed by atoms with E-state index in [0.717, 1.165) is 11.3 Å². The Morgan fingerprint density at radius 1 is 1.21 bits per heavy atom. The average molecular weight is 326 g/mol. The number of aliphatic carboxylic acids is 1. The van der Waals surface area contributed by atoms with Gasteiger partial charge < -0.3 is 10.2 Å². The number of carboxylic acid groups (broad SMARTS) is 1. The van der Waals surface area contributed by atoms with E-state index in [1.54, 1.807) is 6.20 Å². The number of pyridine rings is 1. The number of carboxylic acids is 1. The van der Waals surface area contributed by atoms with E-state index >= 15 is 0 Å². The molecule has 1 aliphatic rings. The largest absolute Gasteiger partial charge is 0.481 e. The van der Waals surface area contributed by atoms with E-state index in [2.05, 4.69) is 9.88 Å². The fourth-order valence-corrected chi connectivity index (χ4v) is 3.44. The normalized spacial score (nSPS) is 24.6. The Morgan fingerprint density at radius 3 is 2.62 bits per heavy atom. The van der Waals surface area contributed by atoms with Gasteiger partial charge in [-0.1, -0.05) is 36.4 Å². The molecule has 1 aliphatic heterocycles. The van der Waals surface area contributed by atoms with E-state index < -0.39 is 17.5 Å². The lowest BCUT2D eigenvalue weighted by molar-refractivity contribution is -0.163. The summed E-state index contributed by atoms with van der Waals surface area (Å²) in [4.78, 5) is 18.5. The van der Waals surface area contributed by atoms with Gasteiger partial charge in [-0.2, -0.15) is 0 Å². The molecule has 0 amide bonds. The molecule has 24 heavy (non-hydrogen) atoms. The van der Waals surface area contributed by atoms with E-state index in [1.807, 2.05) is 48.5 Å². The van der Waals surface area contributed by atoms with E-state index in [-0.39, 0.29) is 0 Å². The monoisotopic (exact) mass is 326 g/mol. The topological polar surface area (TPSA) is 73.7 Å². The number of hydrogen-bond donors (Lipinski definition) is 2. The number of likely N-dealkylation sites (tertiary alicyclic amines) is 1. The minimum Gasteiger partial charge on any atom is -0.481 e. The summed E-state index contributed by atoms with van der Waals surface area (Å²) < 4.78 is 0. The van der Waals surface area contributed by atoms with Crippen molar-refractivity contribution in [1.29, 1.82) is 0 Å². The molecule has 1 fully saturated rings. The zero-order valence-corrected chi connectivity index (χ0v) is 13.5. The van der Waals surface area contributed by atoms with Gasteiger partial charge in [0.25, 0.3) is 0 Å². The summed E-state index contributed by atoms with van der Waals surface area (Å²) in [5, 5.41) is 20.4. The third-order valence-corrected chi connectivity index (χ3v) is 4.76. The van der Waals surface area contributed by atoms with Crippen molar-refractivity contribution in [2.24, 2.45) is 5.41 Å². The van der Waals surface area contributed by atoms with E-state index in [9.17, 15) is 15.0 Å².